The van der Waals surface area contributed by atoms with Crippen LogP contribution >= 0.6 is 11.6 Å². The molecule has 0 atom stereocenters. The molecule has 0 saturated carbocycles. The maximum Gasteiger partial charge on any atom is 0.387 e. The summed E-state index contributed by atoms with van der Waals surface area (Å²) in [5.41, 5.74) is 0.394. The lowest BCUT2D eigenvalue weighted by Gasteiger charge is -2.22. The van der Waals surface area contributed by atoms with Gasteiger partial charge < -0.3 is 4.74 Å². The van der Waals surface area contributed by atoms with Crippen LogP contribution in [-0.2, 0) is 5.41 Å². The molecule has 4 heteroatoms. The van der Waals surface area contributed by atoms with Crippen LogP contribution < -0.4 is 4.74 Å². The number of hydrogen-bond donors (Lipinski definition) is 0. The Morgan fingerprint density at radius 3 is 2.33 bits per heavy atom. The Labute approximate surface area is 93.0 Å². The van der Waals surface area contributed by atoms with E-state index in [2.05, 4.69) is 4.74 Å². The summed E-state index contributed by atoms with van der Waals surface area (Å²) < 4.78 is 28.7. The molecule has 0 fully saturated rings. The van der Waals surface area contributed by atoms with E-state index in [-0.39, 0.29) is 11.2 Å². The summed E-state index contributed by atoms with van der Waals surface area (Å²) in [6, 6.07) is 4.66. The average molecular weight is 235 g/mol. The lowest BCUT2D eigenvalue weighted by molar-refractivity contribution is -0.0508. The van der Waals surface area contributed by atoms with Gasteiger partial charge in [0.2, 0.25) is 0 Å². The van der Waals surface area contributed by atoms with Gasteiger partial charge in [0.05, 0.1) is 0 Å². The zero-order chi connectivity index (χ0) is 11.6. The maximum absolute atomic E-state index is 12.1. The topological polar surface area (TPSA) is 9.23 Å². The maximum atomic E-state index is 12.1. The molecule has 0 bridgehead atoms. The average Bonchev–Trinajstić information content (AvgIpc) is 2.05. The van der Waals surface area contributed by atoms with Crippen LogP contribution in [0.15, 0.2) is 18.2 Å². The number of hydrogen-bond acceptors (Lipinski definition) is 1. The van der Waals surface area contributed by atoms with Crippen LogP contribution in [0, 0.1) is 0 Å². The van der Waals surface area contributed by atoms with Gasteiger partial charge in [-0.2, -0.15) is 8.78 Å². The van der Waals surface area contributed by atoms with Crippen molar-refractivity contribution >= 4 is 11.6 Å². The van der Waals surface area contributed by atoms with E-state index < -0.39 is 6.61 Å². The Balaban J connectivity index is 3.15. The molecular formula is C11H13ClF2O. The van der Waals surface area contributed by atoms with E-state index in [1.807, 2.05) is 20.8 Å². The molecule has 0 aliphatic carbocycles. The number of alkyl halides is 2. The lowest BCUT2D eigenvalue weighted by Crippen LogP contribution is -2.15. The quantitative estimate of drug-likeness (QED) is 0.744. The standard InChI is InChI=1S/C11H13ClF2O/c1-11(2,3)8-6-7(12)4-5-9(8)15-10(13)14/h4-6,10H,1-3H3. The highest BCUT2D eigenvalue weighted by Gasteiger charge is 2.21. The largest absolute Gasteiger partial charge is 0.435 e. The van der Waals surface area contributed by atoms with Gasteiger partial charge in [-0.3, -0.25) is 0 Å². The van der Waals surface area contributed by atoms with Crippen molar-refractivity contribution in [3.63, 3.8) is 0 Å². The molecule has 1 aromatic carbocycles. The molecule has 1 nitrogen and oxygen atoms in total. The molecule has 0 aliphatic heterocycles. The number of ether oxygens (including phenoxy) is 1. The summed E-state index contributed by atoms with van der Waals surface area (Å²) in [6.45, 7) is 2.93. The van der Waals surface area contributed by atoms with Crippen molar-refractivity contribution in [1.82, 2.24) is 0 Å². The highest BCUT2D eigenvalue weighted by atomic mass is 35.5. The SMILES string of the molecule is CC(C)(C)c1cc(Cl)ccc1OC(F)F. The molecule has 0 amide bonds. The van der Waals surface area contributed by atoms with Crippen LogP contribution in [0.4, 0.5) is 8.78 Å². The zero-order valence-electron chi connectivity index (χ0n) is 8.85. The first-order chi connectivity index (χ1) is 6.80. The van der Waals surface area contributed by atoms with Crippen LogP contribution in [0.25, 0.3) is 0 Å². The Morgan fingerprint density at radius 1 is 1.27 bits per heavy atom. The predicted octanol–water partition coefficient (Wildman–Crippen LogP) is 4.24. The lowest BCUT2D eigenvalue weighted by atomic mass is 9.86. The van der Waals surface area contributed by atoms with Crippen LogP contribution in [0.3, 0.4) is 0 Å². The molecule has 0 heterocycles. The van der Waals surface area contributed by atoms with Crippen molar-refractivity contribution in [2.24, 2.45) is 0 Å². The van der Waals surface area contributed by atoms with E-state index in [0.29, 0.717) is 10.6 Å². The Morgan fingerprint density at radius 2 is 1.87 bits per heavy atom. The molecule has 0 saturated heterocycles. The summed E-state index contributed by atoms with van der Waals surface area (Å²) in [4.78, 5) is 0. The Hall–Kier alpha value is -0.830. The minimum atomic E-state index is -2.81. The van der Waals surface area contributed by atoms with E-state index >= 15 is 0 Å². The predicted molar refractivity (Wildman–Crippen MR) is 56.8 cm³/mol. The fourth-order valence-electron chi connectivity index (χ4n) is 1.29. The zero-order valence-corrected chi connectivity index (χ0v) is 9.61. The monoisotopic (exact) mass is 234 g/mol. The highest BCUT2D eigenvalue weighted by Crippen LogP contribution is 2.34. The van der Waals surface area contributed by atoms with Gasteiger partial charge in [0.1, 0.15) is 5.75 Å². The third-order valence-electron chi connectivity index (χ3n) is 1.97. The molecule has 84 valence electrons. The van der Waals surface area contributed by atoms with Gasteiger partial charge in [0.25, 0.3) is 0 Å². The second-order valence-electron chi connectivity index (χ2n) is 4.27. The van der Waals surface area contributed by atoms with Crippen molar-refractivity contribution in [3.05, 3.63) is 28.8 Å². The molecule has 0 spiro atoms. The first-order valence-electron chi connectivity index (χ1n) is 4.55. The van der Waals surface area contributed by atoms with E-state index in [1.165, 1.54) is 12.1 Å². The van der Waals surface area contributed by atoms with Crippen LogP contribution in [0.2, 0.25) is 5.02 Å². The molecule has 0 unspecified atom stereocenters. The summed E-state index contributed by atoms with van der Waals surface area (Å²) in [7, 11) is 0. The van der Waals surface area contributed by atoms with E-state index in [1.54, 1.807) is 6.07 Å². The number of benzene rings is 1. The first kappa shape index (κ1) is 12.2. The summed E-state index contributed by atoms with van der Waals surface area (Å²) in [6.07, 6.45) is 0. The molecule has 1 rings (SSSR count). The van der Waals surface area contributed by atoms with Crippen molar-refractivity contribution in [2.75, 3.05) is 0 Å². The summed E-state index contributed by atoms with van der Waals surface area (Å²) >= 11 is 5.82. The molecule has 0 N–H and O–H groups in total. The Kier molecular flexibility index (Phi) is 3.55. The van der Waals surface area contributed by atoms with Crippen molar-refractivity contribution in [2.45, 2.75) is 32.8 Å². The van der Waals surface area contributed by atoms with E-state index in [4.69, 9.17) is 11.6 Å². The number of halogens is 3. The summed E-state index contributed by atoms with van der Waals surface area (Å²) in [5.74, 6) is 0.182. The van der Waals surface area contributed by atoms with Crippen LogP contribution in [-0.4, -0.2) is 6.61 Å². The fraction of sp³-hybridized carbons (Fsp3) is 0.455. The van der Waals surface area contributed by atoms with Gasteiger partial charge in [-0.15, -0.1) is 0 Å². The van der Waals surface area contributed by atoms with Crippen molar-refractivity contribution < 1.29 is 13.5 Å². The smallest absolute Gasteiger partial charge is 0.387 e. The molecule has 15 heavy (non-hydrogen) atoms. The molecular weight excluding hydrogens is 222 g/mol. The molecule has 1 aromatic rings. The highest BCUT2D eigenvalue weighted by molar-refractivity contribution is 6.30. The van der Waals surface area contributed by atoms with Gasteiger partial charge in [0, 0.05) is 10.6 Å². The van der Waals surface area contributed by atoms with Gasteiger partial charge in [0.15, 0.2) is 0 Å². The fourth-order valence-corrected chi connectivity index (χ4v) is 1.46. The first-order valence-corrected chi connectivity index (χ1v) is 4.93. The van der Waals surface area contributed by atoms with E-state index in [0.717, 1.165) is 0 Å². The number of rotatable bonds is 2. The summed E-state index contributed by atoms with van der Waals surface area (Å²) in [5, 5.41) is 0.515. The molecule has 0 aromatic heterocycles. The molecule has 0 aliphatic rings. The van der Waals surface area contributed by atoms with E-state index in [9.17, 15) is 8.78 Å². The van der Waals surface area contributed by atoms with Gasteiger partial charge in [-0.05, 0) is 23.6 Å². The second-order valence-corrected chi connectivity index (χ2v) is 4.71. The van der Waals surface area contributed by atoms with Gasteiger partial charge in [-0.1, -0.05) is 32.4 Å². The second kappa shape index (κ2) is 4.35. The Bertz CT molecular complexity index is 345. The third kappa shape index (κ3) is 3.34. The minimum absolute atomic E-state index is 0.182. The minimum Gasteiger partial charge on any atom is -0.435 e. The van der Waals surface area contributed by atoms with Gasteiger partial charge >= 0.3 is 6.61 Å². The third-order valence-corrected chi connectivity index (χ3v) is 2.20. The van der Waals surface area contributed by atoms with Crippen LogP contribution in [0.1, 0.15) is 26.3 Å². The van der Waals surface area contributed by atoms with Crippen molar-refractivity contribution in [1.29, 1.82) is 0 Å². The van der Waals surface area contributed by atoms with Crippen molar-refractivity contribution in [3.8, 4) is 5.75 Å². The molecule has 0 radical (unpaired) electrons. The van der Waals surface area contributed by atoms with Crippen LogP contribution in [0.5, 0.6) is 5.75 Å². The normalized spacial score (nSPS) is 11.9. The van der Waals surface area contributed by atoms with Gasteiger partial charge in [-0.25, -0.2) is 0 Å².